The molecule has 2 heterocycles. The van der Waals surface area contributed by atoms with Crippen LogP contribution in [0.1, 0.15) is 51.2 Å². The molecule has 0 unspecified atom stereocenters. The minimum Gasteiger partial charge on any atom is -0.478 e. The Kier molecular flexibility index (Phi) is 8.10. The van der Waals surface area contributed by atoms with Crippen molar-refractivity contribution in [3.8, 4) is 5.88 Å². The lowest BCUT2D eigenvalue weighted by atomic mass is 9.85. The summed E-state index contributed by atoms with van der Waals surface area (Å²) in [6, 6.07) is 13.7. The Labute approximate surface area is 190 Å². The Morgan fingerprint density at radius 3 is 2.44 bits per heavy atom. The highest BCUT2D eigenvalue weighted by molar-refractivity contribution is 5.68. The molecule has 0 aliphatic carbocycles. The molecule has 1 aromatic heterocycles. The van der Waals surface area contributed by atoms with Crippen LogP contribution < -0.4 is 4.74 Å². The van der Waals surface area contributed by atoms with Crippen molar-refractivity contribution < 1.29 is 24.1 Å². The normalized spacial score (nSPS) is 15.9. The van der Waals surface area contributed by atoms with Crippen molar-refractivity contribution in [3.63, 3.8) is 0 Å². The fraction of sp³-hybridized carbons (Fsp3) is 0.520. The van der Waals surface area contributed by atoms with E-state index in [9.17, 15) is 9.90 Å². The average molecular weight is 443 g/mol. The molecule has 0 atom stereocenters. The molecule has 0 radical (unpaired) electrons. The number of aliphatic hydroxyl groups is 1. The van der Waals surface area contributed by atoms with E-state index in [1.165, 1.54) is 0 Å². The number of carbonyl (C=O) groups excluding carboxylic acids is 1. The number of piperidine rings is 1. The Balaban J connectivity index is 1.39. The summed E-state index contributed by atoms with van der Waals surface area (Å²) < 4.78 is 16.8. The standard InChI is InChI=1S/C25H34N2O5/c1-24(2,3)32-23(28)27-14-12-25(29,13-15-27)21-10-11-22(26-18-21)31-17-7-16-30-19-20-8-5-4-6-9-20/h4-6,8-11,18,29H,7,12-17,19H2,1-3H3. The number of nitrogens with zero attached hydrogens (tertiary/aromatic N) is 2. The van der Waals surface area contributed by atoms with E-state index in [4.69, 9.17) is 14.2 Å². The molecule has 1 fully saturated rings. The molecular formula is C25H34N2O5. The Hall–Kier alpha value is -2.64. The van der Waals surface area contributed by atoms with E-state index in [0.29, 0.717) is 51.6 Å². The summed E-state index contributed by atoms with van der Waals surface area (Å²) in [5.41, 5.74) is 0.355. The lowest BCUT2D eigenvalue weighted by molar-refractivity contribution is -0.0358. The van der Waals surface area contributed by atoms with Crippen molar-refractivity contribution >= 4 is 6.09 Å². The van der Waals surface area contributed by atoms with Gasteiger partial charge in [-0.1, -0.05) is 30.3 Å². The molecule has 1 aromatic carbocycles. The van der Waals surface area contributed by atoms with Gasteiger partial charge in [-0.15, -0.1) is 0 Å². The monoisotopic (exact) mass is 442 g/mol. The molecule has 0 saturated carbocycles. The zero-order valence-electron chi connectivity index (χ0n) is 19.3. The number of amides is 1. The van der Waals surface area contributed by atoms with Crippen molar-refractivity contribution in [1.82, 2.24) is 9.88 Å². The lowest BCUT2D eigenvalue weighted by Gasteiger charge is -2.38. The third-order valence-corrected chi connectivity index (χ3v) is 5.31. The van der Waals surface area contributed by atoms with Gasteiger partial charge in [-0.25, -0.2) is 9.78 Å². The van der Waals surface area contributed by atoms with E-state index < -0.39 is 11.2 Å². The molecule has 7 nitrogen and oxygen atoms in total. The SMILES string of the molecule is CC(C)(C)OC(=O)N1CCC(O)(c2ccc(OCCCOCc3ccccc3)nc2)CC1. The zero-order chi connectivity index (χ0) is 23.0. The fourth-order valence-electron chi connectivity index (χ4n) is 3.52. The molecular weight excluding hydrogens is 408 g/mol. The van der Waals surface area contributed by atoms with E-state index in [2.05, 4.69) is 4.98 Å². The Bertz CT molecular complexity index is 841. The Morgan fingerprint density at radius 1 is 1.09 bits per heavy atom. The highest BCUT2D eigenvalue weighted by Gasteiger charge is 2.37. The summed E-state index contributed by atoms with van der Waals surface area (Å²) in [5, 5.41) is 11.1. The predicted octanol–water partition coefficient (Wildman–Crippen LogP) is 4.29. The van der Waals surface area contributed by atoms with Crippen LogP contribution in [-0.4, -0.2) is 53.0 Å². The van der Waals surface area contributed by atoms with Gasteiger partial charge in [0.2, 0.25) is 5.88 Å². The largest absolute Gasteiger partial charge is 0.478 e. The minimum atomic E-state index is -1.00. The molecule has 0 spiro atoms. The van der Waals surface area contributed by atoms with Gasteiger partial charge >= 0.3 is 6.09 Å². The van der Waals surface area contributed by atoms with Crippen molar-refractivity contribution in [2.45, 2.75) is 57.8 Å². The maximum Gasteiger partial charge on any atom is 0.410 e. The van der Waals surface area contributed by atoms with Crippen molar-refractivity contribution in [1.29, 1.82) is 0 Å². The first-order chi connectivity index (χ1) is 15.3. The van der Waals surface area contributed by atoms with Gasteiger partial charge in [-0.05, 0) is 45.2 Å². The highest BCUT2D eigenvalue weighted by atomic mass is 16.6. The molecule has 1 aliphatic heterocycles. The van der Waals surface area contributed by atoms with Gasteiger partial charge in [-0.2, -0.15) is 0 Å². The van der Waals surface area contributed by atoms with Gasteiger partial charge in [0.25, 0.3) is 0 Å². The number of likely N-dealkylation sites (tertiary alicyclic amines) is 1. The third-order valence-electron chi connectivity index (χ3n) is 5.31. The molecule has 1 N–H and O–H groups in total. The van der Waals surface area contributed by atoms with Crippen LogP contribution in [0.25, 0.3) is 0 Å². The molecule has 1 saturated heterocycles. The fourth-order valence-corrected chi connectivity index (χ4v) is 3.52. The van der Waals surface area contributed by atoms with Gasteiger partial charge in [0.05, 0.1) is 25.4 Å². The molecule has 1 amide bonds. The van der Waals surface area contributed by atoms with Gasteiger partial charge < -0.3 is 24.2 Å². The number of hydrogen-bond donors (Lipinski definition) is 1. The van der Waals surface area contributed by atoms with E-state index >= 15 is 0 Å². The van der Waals surface area contributed by atoms with Crippen LogP contribution in [0, 0.1) is 0 Å². The maximum atomic E-state index is 12.2. The van der Waals surface area contributed by atoms with Crippen LogP contribution in [0.2, 0.25) is 0 Å². The first-order valence-electron chi connectivity index (χ1n) is 11.2. The van der Waals surface area contributed by atoms with Gasteiger partial charge in [-0.3, -0.25) is 0 Å². The van der Waals surface area contributed by atoms with Crippen molar-refractivity contribution in [3.05, 3.63) is 59.8 Å². The number of carbonyl (C=O) groups is 1. The number of aromatic nitrogens is 1. The molecule has 3 rings (SSSR count). The summed E-state index contributed by atoms with van der Waals surface area (Å²) in [6.07, 6.45) is 2.96. The topological polar surface area (TPSA) is 81.1 Å². The van der Waals surface area contributed by atoms with Crippen LogP contribution in [0.3, 0.4) is 0 Å². The van der Waals surface area contributed by atoms with E-state index in [1.807, 2.05) is 57.2 Å². The molecule has 1 aliphatic rings. The molecule has 0 bridgehead atoms. The van der Waals surface area contributed by atoms with Crippen LogP contribution in [0.5, 0.6) is 5.88 Å². The van der Waals surface area contributed by atoms with Gasteiger partial charge in [0.15, 0.2) is 0 Å². The van der Waals surface area contributed by atoms with Crippen molar-refractivity contribution in [2.75, 3.05) is 26.3 Å². The third kappa shape index (κ3) is 7.21. The summed E-state index contributed by atoms with van der Waals surface area (Å²) >= 11 is 0. The second kappa shape index (κ2) is 10.8. The minimum absolute atomic E-state index is 0.339. The lowest BCUT2D eigenvalue weighted by Crippen LogP contribution is -2.46. The first-order valence-corrected chi connectivity index (χ1v) is 11.2. The second-order valence-corrected chi connectivity index (χ2v) is 9.12. The van der Waals surface area contributed by atoms with Crippen molar-refractivity contribution in [2.24, 2.45) is 0 Å². The van der Waals surface area contributed by atoms with E-state index in [1.54, 1.807) is 17.2 Å². The van der Waals surface area contributed by atoms with Crippen LogP contribution >= 0.6 is 0 Å². The summed E-state index contributed by atoms with van der Waals surface area (Å²) in [4.78, 5) is 18.2. The van der Waals surface area contributed by atoms with Gasteiger partial charge in [0, 0.05) is 37.3 Å². The Morgan fingerprint density at radius 2 is 1.81 bits per heavy atom. The quantitative estimate of drug-likeness (QED) is 0.615. The second-order valence-electron chi connectivity index (χ2n) is 9.12. The number of rotatable bonds is 8. The molecule has 7 heteroatoms. The first kappa shape index (κ1) is 24.0. The van der Waals surface area contributed by atoms with Crippen LogP contribution in [0.4, 0.5) is 4.79 Å². The highest BCUT2D eigenvalue weighted by Crippen LogP contribution is 2.33. The van der Waals surface area contributed by atoms with Crippen LogP contribution in [0.15, 0.2) is 48.7 Å². The molecule has 2 aromatic rings. The summed E-state index contributed by atoms with van der Waals surface area (Å²) in [5.74, 6) is 0.520. The summed E-state index contributed by atoms with van der Waals surface area (Å²) in [6.45, 7) is 8.13. The number of pyridine rings is 1. The van der Waals surface area contributed by atoms with E-state index in [0.717, 1.165) is 17.5 Å². The molecule has 32 heavy (non-hydrogen) atoms. The number of hydrogen-bond acceptors (Lipinski definition) is 6. The van der Waals surface area contributed by atoms with E-state index in [-0.39, 0.29) is 6.09 Å². The molecule has 174 valence electrons. The van der Waals surface area contributed by atoms with Gasteiger partial charge in [0.1, 0.15) is 5.60 Å². The number of benzene rings is 1. The maximum absolute atomic E-state index is 12.2. The van der Waals surface area contributed by atoms with Crippen LogP contribution in [-0.2, 0) is 21.7 Å². The zero-order valence-corrected chi connectivity index (χ0v) is 19.3. The smallest absolute Gasteiger partial charge is 0.410 e. The number of ether oxygens (including phenoxy) is 3. The predicted molar refractivity (Wildman–Crippen MR) is 121 cm³/mol. The average Bonchev–Trinajstić information content (AvgIpc) is 2.76. The summed E-state index contributed by atoms with van der Waals surface area (Å²) in [7, 11) is 0.